The monoisotopic (exact) mass is 339 g/mol. The standard InChI is InChI=1S/C15H22BrN3O/c1-4-7-17-13-12(8-11(16)9-18-13)14(20)19-15(2,3)10-5-6-10/h8-10H,4-7H2,1-3H3,(H,17,18)(H,19,20). The fraction of sp³-hybridized carbons (Fsp3) is 0.600. The summed E-state index contributed by atoms with van der Waals surface area (Å²) in [5.74, 6) is 1.19. The molecule has 5 heteroatoms. The highest BCUT2D eigenvalue weighted by Gasteiger charge is 2.39. The second-order valence-corrected chi connectivity index (χ2v) is 6.84. The summed E-state index contributed by atoms with van der Waals surface area (Å²) in [7, 11) is 0. The molecular formula is C15H22BrN3O. The molecule has 0 aliphatic heterocycles. The van der Waals surface area contributed by atoms with E-state index in [1.165, 1.54) is 12.8 Å². The average molecular weight is 340 g/mol. The van der Waals surface area contributed by atoms with Crippen LogP contribution in [-0.2, 0) is 0 Å². The largest absolute Gasteiger partial charge is 0.369 e. The smallest absolute Gasteiger partial charge is 0.255 e. The van der Waals surface area contributed by atoms with Crippen molar-refractivity contribution >= 4 is 27.7 Å². The highest BCUT2D eigenvalue weighted by atomic mass is 79.9. The molecule has 0 atom stereocenters. The van der Waals surface area contributed by atoms with E-state index < -0.39 is 0 Å². The lowest BCUT2D eigenvalue weighted by Crippen LogP contribution is -2.45. The van der Waals surface area contributed by atoms with Crippen LogP contribution in [0.15, 0.2) is 16.7 Å². The van der Waals surface area contributed by atoms with Crippen LogP contribution in [0.1, 0.15) is 50.4 Å². The molecule has 1 aromatic rings. The molecule has 0 unspecified atom stereocenters. The third-order valence-corrected chi connectivity index (χ3v) is 4.11. The van der Waals surface area contributed by atoms with Crippen molar-refractivity contribution in [2.75, 3.05) is 11.9 Å². The zero-order valence-corrected chi connectivity index (χ0v) is 13.9. The third-order valence-electron chi connectivity index (χ3n) is 3.68. The molecule has 1 heterocycles. The maximum atomic E-state index is 12.5. The van der Waals surface area contributed by atoms with Gasteiger partial charge in [-0.15, -0.1) is 0 Å². The van der Waals surface area contributed by atoms with E-state index in [-0.39, 0.29) is 11.4 Å². The quantitative estimate of drug-likeness (QED) is 0.832. The number of halogens is 1. The van der Waals surface area contributed by atoms with E-state index in [4.69, 9.17) is 0 Å². The molecule has 0 saturated heterocycles. The number of nitrogens with one attached hydrogen (secondary N) is 2. The first-order valence-electron chi connectivity index (χ1n) is 7.16. The van der Waals surface area contributed by atoms with Crippen LogP contribution in [0.5, 0.6) is 0 Å². The highest BCUT2D eigenvalue weighted by Crippen LogP contribution is 2.39. The number of aromatic nitrogens is 1. The maximum Gasteiger partial charge on any atom is 0.255 e. The van der Waals surface area contributed by atoms with Crippen LogP contribution in [0.4, 0.5) is 5.82 Å². The lowest BCUT2D eigenvalue weighted by molar-refractivity contribution is 0.0904. The number of rotatable bonds is 6. The minimum absolute atomic E-state index is 0.0608. The molecule has 20 heavy (non-hydrogen) atoms. The minimum Gasteiger partial charge on any atom is -0.369 e. The first kappa shape index (κ1) is 15.3. The number of pyridine rings is 1. The number of amides is 1. The normalized spacial score (nSPS) is 15.0. The van der Waals surface area contributed by atoms with Gasteiger partial charge in [0.15, 0.2) is 0 Å². The average Bonchev–Trinajstić information content (AvgIpc) is 3.21. The Morgan fingerprint density at radius 1 is 1.50 bits per heavy atom. The Kier molecular flexibility index (Phi) is 4.68. The second kappa shape index (κ2) is 6.12. The van der Waals surface area contributed by atoms with Crippen LogP contribution in [0.3, 0.4) is 0 Å². The molecule has 1 amide bonds. The first-order chi connectivity index (χ1) is 9.44. The van der Waals surface area contributed by atoms with E-state index in [1.54, 1.807) is 6.20 Å². The van der Waals surface area contributed by atoms with Crippen LogP contribution in [0, 0.1) is 5.92 Å². The summed E-state index contributed by atoms with van der Waals surface area (Å²) >= 11 is 3.38. The van der Waals surface area contributed by atoms with E-state index >= 15 is 0 Å². The summed E-state index contributed by atoms with van der Waals surface area (Å²) in [4.78, 5) is 16.8. The van der Waals surface area contributed by atoms with Crippen LogP contribution < -0.4 is 10.6 Å². The Balaban J connectivity index is 2.16. The van der Waals surface area contributed by atoms with E-state index in [1.807, 2.05) is 6.07 Å². The highest BCUT2D eigenvalue weighted by molar-refractivity contribution is 9.10. The van der Waals surface area contributed by atoms with Crippen molar-refractivity contribution in [3.8, 4) is 0 Å². The summed E-state index contributed by atoms with van der Waals surface area (Å²) in [5, 5.41) is 6.35. The molecule has 0 bridgehead atoms. The van der Waals surface area contributed by atoms with Gasteiger partial charge in [0.1, 0.15) is 5.82 Å². The molecular weight excluding hydrogens is 318 g/mol. The topological polar surface area (TPSA) is 54.0 Å². The van der Waals surface area contributed by atoms with E-state index in [9.17, 15) is 4.79 Å². The Bertz CT molecular complexity index is 498. The minimum atomic E-state index is -0.151. The van der Waals surface area contributed by atoms with Crippen molar-refractivity contribution in [2.24, 2.45) is 5.92 Å². The van der Waals surface area contributed by atoms with Gasteiger partial charge in [0.05, 0.1) is 5.56 Å². The van der Waals surface area contributed by atoms with Crippen LogP contribution in [-0.4, -0.2) is 23.0 Å². The van der Waals surface area contributed by atoms with Gasteiger partial charge in [-0.1, -0.05) is 6.92 Å². The third kappa shape index (κ3) is 3.72. The van der Waals surface area contributed by atoms with E-state index in [0.29, 0.717) is 17.3 Å². The molecule has 0 aromatic carbocycles. The Labute approximate surface area is 128 Å². The molecule has 0 spiro atoms. The lowest BCUT2D eigenvalue weighted by atomic mass is 9.98. The molecule has 2 N–H and O–H groups in total. The van der Waals surface area contributed by atoms with E-state index in [0.717, 1.165) is 17.4 Å². The number of carbonyl (C=O) groups is 1. The Morgan fingerprint density at radius 2 is 2.20 bits per heavy atom. The van der Waals surface area contributed by atoms with Gasteiger partial charge < -0.3 is 10.6 Å². The van der Waals surface area contributed by atoms with Gasteiger partial charge in [0.25, 0.3) is 5.91 Å². The first-order valence-corrected chi connectivity index (χ1v) is 7.95. The molecule has 0 radical (unpaired) electrons. The molecule has 1 aromatic heterocycles. The SMILES string of the molecule is CCCNc1ncc(Br)cc1C(=O)NC(C)(C)C1CC1. The summed E-state index contributed by atoms with van der Waals surface area (Å²) in [6, 6.07) is 1.82. The number of anilines is 1. The van der Waals surface area contributed by atoms with Gasteiger partial charge in [-0.05, 0) is 61.0 Å². The maximum absolute atomic E-state index is 12.5. The van der Waals surface area contributed by atoms with Crippen molar-refractivity contribution in [1.82, 2.24) is 10.3 Å². The predicted molar refractivity (Wildman–Crippen MR) is 85.0 cm³/mol. The molecule has 1 aliphatic carbocycles. The van der Waals surface area contributed by atoms with Crippen LogP contribution in [0.25, 0.3) is 0 Å². The van der Waals surface area contributed by atoms with Crippen molar-refractivity contribution in [2.45, 2.75) is 45.6 Å². The van der Waals surface area contributed by atoms with Gasteiger partial charge in [-0.3, -0.25) is 4.79 Å². The fourth-order valence-corrected chi connectivity index (χ4v) is 2.59. The summed E-state index contributed by atoms with van der Waals surface area (Å²) in [6.45, 7) is 7.07. The zero-order chi connectivity index (χ0) is 14.8. The van der Waals surface area contributed by atoms with Gasteiger partial charge >= 0.3 is 0 Å². The zero-order valence-electron chi connectivity index (χ0n) is 12.3. The summed E-state index contributed by atoms with van der Waals surface area (Å²) < 4.78 is 0.814. The molecule has 1 saturated carbocycles. The fourth-order valence-electron chi connectivity index (χ4n) is 2.26. The number of nitrogens with zero attached hydrogens (tertiary/aromatic N) is 1. The number of hydrogen-bond donors (Lipinski definition) is 2. The molecule has 1 fully saturated rings. The number of carbonyl (C=O) groups excluding carboxylic acids is 1. The van der Waals surface area contributed by atoms with Crippen molar-refractivity contribution < 1.29 is 4.79 Å². The summed E-state index contributed by atoms with van der Waals surface area (Å²) in [5.41, 5.74) is 0.447. The van der Waals surface area contributed by atoms with Gasteiger partial charge in [0.2, 0.25) is 0 Å². The van der Waals surface area contributed by atoms with Gasteiger partial charge in [-0.25, -0.2) is 4.98 Å². The van der Waals surface area contributed by atoms with Crippen molar-refractivity contribution in [3.05, 3.63) is 22.3 Å². The Hall–Kier alpha value is -1.10. The Morgan fingerprint density at radius 3 is 2.80 bits per heavy atom. The molecule has 110 valence electrons. The van der Waals surface area contributed by atoms with Crippen molar-refractivity contribution in [3.63, 3.8) is 0 Å². The van der Waals surface area contributed by atoms with Crippen LogP contribution >= 0.6 is 15.9 Å². The van der Waals surface area contributed by atoms with E-state index in [2.05, 4.69) is 52.3 Å². The number of hydrogen-bond acceptors (Lipinski definition) is 3. The molecule has 1 aliphatic rings. The summed E-state index contributed by atoms with van der Waals surface area (Å²) in [6.07, 6.45) is 5.10. The molecule has 2 rings (SSSR count). The van der Waals surface area contributed by atoms with Crippen molar-refractivity contribution in [1.29, 1.82) is 0 Å². The lowest BCUT2D eigenvalue weighted by Gasteiger charge is -2.26. The predicted octanol–water partition coefficient (Wildman–Crippen LogP) is 3.58. The molecule has 4 nitrogen and oxygen atoms in total. The van der Waals surface area contributed by atoms with Crippen LogP contribution in [0.2, 0.25) is 0 Å². The second-order valence-electron chi connectivity index (χ2n) is 5.93. The van der Waals surface area contributed by atoms with Gasteiger partial charge in [-0.2, -0.15) is 0 Å². The van der Waals surface area contributed by atoms with Gasteiger partial charge in [0, 0.05) is 22.8 Å².